The minimum atomic E-state index is -0.0514. The van der Waals surface area contributed by atoms with Gasteiger partial charge in [0.2, 0.25) is 5.91 Å². The van der Waals surface area contributed by atoms with Crippen LogP contribution in [0, 0.1) is 0 Å². The van der Waals surface area contributed by atoms with E-state index in [1.165, 1.54) is 39.2 Å². The Balaban J connectivity index is 2.19. The number of hydrogen-bond acceptors (Lipinski definition) is 1. The number of rotatable bonds is 1. The molecule has 0 aliphatic heterocycles. The third-order valence-electron chi connectivity index (χ3n) is 4.06. The second-order valence-electron chi connectivity index (χ2n) is 5.53. The monoisotopic (exact) mass is 285 g/mol. The first-order valence-corrected chi connectivity index (χ1v) is 7.35. The molecule has 1 amide bonds. The molecule has 4 aromatic rings. The second kappa shape index (κ2) is 4.85. The average molecular weight is 285 g/mol. The topological polar surface area (TPSA) is 29.1 Å². The fourth-order valence-electron chi connectivity index (χ4n) is 3.19. The second-order valence-corrected chi connectivity index (χ2v) is 5.53. The van der Waals surface area contributed by atoms with Crippen molar-refractivity contribution >= 4 is 43.9 Å². The van der Waals surface area contributed by atoms with Gasteiger partial charge in [-0.05, 0) is 44.5 Å². The Morgan fingerprint density at radius 3 is 1.64 bits per heavy atom. The van der Waals surface area contributed by atoms with Crippen LogP contribution in [0.3, 0.4) is 0 Å². The molecular weight excluding hydrogens is 270 g/mol. The summed E-state index contributed by atoms with van der Waals surface area (Å²) >= 11 is 0. The molecule has 4 aromatic carbocycles. The number of benzene rings is 4. The van der Waals surface area contributed by atoms with Gasteiger partial charge in [-0.25, -0.2) is 0 Å². The third-order valence-corrected chi connectivity index (χ3v) is 4.06. The van der Waals surface area contributed by atoms with Crippen LogP contribution in [0.15, 0.2) is 66.7 Å². The third kappa shape index (κ3) is 1.92. The summed E-state index contributed by atoms with van der Waals surface area (Å²) in [6.07, 6.45) is 0. The van der Waals surface area contributed by atoms with Gasteiger partial charge in [0, 0.05) is 12.6 Å². The molecule has 4 rings (SSSR count). The summed E-state index contributed by atoms with van der Waals surface area (Å²) in [5, 5.41) is 10.2. The van der Waals surface area contributed by atoms with Crippen LogP contribution < -0.4 is 5.32 Å². The molecule has 0 spiro atoms. The lowest BCUT2D eigenvalue weighted by molar-refractivity contribution is -0.114. The van der Waals surface area contributed by atoms with E-state index in [-0.39, 0.29) is 5.91 Å². The molecule has 0 aliphatic rings. The SMILES string of the molecule is CC(=O)Nc1ccc2c3ccccc3c3ccccc3c2c1. The Morgan fingerprint density at radius 2 is 1.14 bits per heavy atom. The molecule has 0 bridgehead atoms. The van der Waals surface area contributed by atoms with E-state index in [4.69, 9.17) is 0 Å². The highest BCUT2D eigenvalue weighted by molar-refractivity contribution is 6.25. The maximum atomic E-state index is 11.3. The fraction of sp³-hybridized carbons (Fsp3) is 0.0500. The zero-order valence-corrected chi connectivity index (χ0v) is 12.3. The minimum Gasteiger partial charge on any atom is -0.326 e. The molecule has 0 heterocycles. The lowest BCUT2D eigenvalue weighted by Gasteiger charge is -2.11. The van der Waals surface area contributed by atoms with E-state index in [0.717, 1.165) is 5.69 Å². The van der Waals surface area contributed by atoms with E-state index in [0.29, 0.717) is 0 Å². The summed E-state index contributed by atoms with van der Waals surface area (Å²) in [5.74, 6) is -0.0514. The van der Waals surface area contributed by atoms with Crippen LogP contribution in [-0.2, 0) is 4.79 Å². The first-order valence-electron chi connectivity index (χ1n) is 7.35. The Bertz CT molecular complexity index is 998. The van der Waals surface area contributed by atoms with E-state index in [9.17, 15) is 4.79 Å². The minimum absolute atomic E-state index is 0.0514. The summed E-state index contributed by atoms with van der Waals surface area (Å²) in [4.78, 5) is 11.3. The van der Waals surface area contributed by atoms with Crippen molar-refractivity contribution in [3.63, 3.8) is 0 Å². The van der Waals surface area contributed by atoms with Gasteiger partial charge in [-0.3, -0.25) is 4.79 Å². The molecule has 0 fully saturated rings. The number of carbonyl (C=O) groups excluding carboxylic acids is 1. The Morgan fingerprint density at radius 1 is 0.682 bits per heavy atom. The van der Waals surface area contributed by atoms with Gasteiger partial charge >= 0.3 is 0 Å². The highest BCUT2D eigenvalue weighted by atomic mass is 16.1. The van der Waals surface area contributed by atoms with Crippen molar-refractivity contribution in [3.05, 3.63) is 66.7 Å². The summed E-state index contributed by atoms with van der Waals surface area (Å²) < 4.78 is 0. The van der Waals surface area contributed by atoms with Gasteiger partial charge in [-0.15, -0.1) is 0 Å². The van der Waals surface area contributed by atoms with Crippen LogP contribution in [0.4, 0.5) is 5.69 Å². The molecule has 106 valence electrons. The number of amides is 1. The molecule has 0 atom stereocenters. The molecule has 2 heteroatoms. The molecule has 0 aromatic heterocycles. The lowest BCUT2D eigenvalue weighted by atomic mass is 9.94. The molecule has 2 nitrogen and oxygen atoms in total. The summed E-state index contributed by atoms with van der Waals surface area (Å²) in [7, 11) is 0. The van der Waals surface area contributed by atoms with E-state index in [1.807, 2.05) is 6.07 Å². The quantitative estimate of drug-likeness (QED) is 0.484. The van der Waals surface area contributed by atoms with Crippen molar-refractivity contribution in [3.8, 4) is 0 Å². The van der Waals surface area contributed by atoms with Gasteiger partial charge in [-0.2, -0.15) is 0 Å². The van der Waals surface area contributed by atoms with Gasteiger partial charge in [0.15, 0.2) is 0 Å². The van der Waals surface area contributed by atoms with E-state index < -0.39 is 0 Å². The summed E-state index contributed by atoms with van der Waals surface area (Å²) in [6.45, 7) is 1.53. The molecule has 0 saturated carbocycles. The zero-order chi connectivity index (χ0) is 15.1. The Hall–Kier alpha value is -2.87. The zero-order valence-electron chi connectivity index (χ0n) is 12.3. The molecular formula is C20H15NO. The van der Waals surface area contributed by atoms with Crippen molar-refractivity contribution in [2.75, 3.05) is 5.32 Å². The average Bonchev–Trinajstić information content (AvgIpc) is 2.54. The Labute approximate surface area is 128 Å². The van der Waals surface area contributed by atoms with Crippen LogP contribution in [-0.4, -0.2) is 5.91 Å². The predicted octanol–water partition coefficient (Wildman–Crippen LogP) is 5.10. The number of nitrogens with one attached hydrogen (secondary N) is 1. The summed E-state index contributed by atoms with van der Waals surface area (Å²) in [6, 6.07) is 23.0. The molecule has 0 aliphatic carbocycles. The van der Waals surface area contributed by atoms with E-state index in [1.54, 1.807) is 0 Å². The van der Waals surface area contributed by atoms with Gasteiger partial charge in [0.05, 0.1) is 0 Å². The van der Waals surface area contributed by atoms with Crippen molar-refractivity contribution in [2.24, 2.45) is 0 Å². The molecule has 22 heavy (non-hydrogen) atoms. The summed E-state index contributed by atoms with van der Waals surface area (Å²) in [5.41, 5.74) is 0.834. The smallest absolute Gasteiger partial charge is 0.221 e. The van der Waals surface area contributed by atoms with Gasteiger partial charge in [-0.1, -0.05) is 54.6 Å². The molecule has 0 radical (unpaired) electrons. The van der Waals surface area contributed by atoms with Crippen LogP contribution in [0.25, 0.3) is 32.3 Å². The van der Waals surface area contributed by atoms with E-state index in [2.05, 4.69) is 66.0 Å². The number of fused-ring (bicyclic) bond motifs is 6. The van der Waals surface area contributed by atoms with Gasteiger partial charge in [0.1, 0.15) is 0 Å². The van der Waals surface area contributed by atoms with Crippen LogP contribution in [0.5, 0.6) is 0 Å². The highest BCUT2D eigenvalue weighted by Gasteiger charge is 2.08. The predicted molar refractivity (Wildman–Crippen MR) is 93.3 cm³/mol. The Kier molecular flexibility index (Phi) is 2.83. The standard InChI is InChI=1S/C20H15NO/c1-13(22)21-14-10-11-19-17-8-3-2-6-15(17)16-7-4-5-9-18(16)20(19)12-14/h2-12H,1H3,(H,21,22). The number of carbonyl (C=O) groups is 1. The first kappa shape index (κ1) is 12.8. The molecule has 0 saturated heterocycles. The van der Waals surface area contributed by atoms with Crippen LogP contribution in [0.2, 0.25) is 0 Å². The highest BCUT2D eigenvalue weighted by Crippen LogP contribution is 2.35. The van der Waals surface area contributed by atoms with Gasteiger partial charge in [0.25, 0.3) is 0 Å². The number of anilines is 1. The van der Waals surface area contributed by atoms with E-state index >= 15 is 0 Å². The van der Waals surface area contributed by atoms with Crippen molar-refractivity contribution in [1.82, 2.24) is 0 Å². The van der Waals surface area contributed by atoms with Crippen LogP contribution in [0.1, 0.15) is 6.92 Å². The van der Waals surface area contributed by atoms with Crippen molar-refractivity contribution in [2.45, 2.75) is 6.92 Å². The number of hydrogen-bond donors (Lipinski definition) is 1. The normalized spacial score (nSPS) is 11.1. The van der Waals surface area contributed by atoms with Crippen LogP contribution >= 0.6 is 0 Å². The van der Waals surface area contributed by atoms with Crippen molar-refractivity contribution in [1.29, 1.82) is 0 Å². The maximum absolute atomic E-state index is 11.3. The van der Waals surface area contributed by atoms with Gasteiger partial charge < -0.3 is 5.32 Å². The lowest BCUT2D eigenvalue weighted by Crippen LogP contribution is -2.05. The first-order chi connectivity index (χ1) is 10.7. The maximum Gasteiger partial charge on any atom is 0.221 e. The largest absolute Gasteiger partial charge is 0.326 e. The van der Waals surface area contributed by atoms with Crippen molar-refractivity contribution < 1.29 is 4.79 Å². The molecule has 1 N–H and O–H groups in total. The molecule has 0 unspecified atom stereocenters. The fourth-order valence-corrected chi connectivity index (χ4v) is 3.19.